The Hall–Kier alpha value is -2.33. The van der Waals surface area contributed by atoms with Crippen LogP contribution < -0.4 is 5.32 Å². The van der Waals surface area contributed by atoms with Crippen LogP contribution in [0.25, 0.3) is 5.69 Å². The molecule has 1 unspecified atom stereocenters. The quantitative estimate of drug-likeness (QED) is 0.789. The van der Waals surface area contributed by atoms with Gasteiger partial charge in [0.15, 0.2) is 0 Å². The molecule has 0 saturated carbocycles. The van der Waals surface area contributed by atoms with Crippen molar-refractivity contribution in [2.45, 2.75) is 13.0 Å². The SMILES string of the molecule is CC(Nc1ccc(-n2nccn2)cc1)c1ccc(Cl)cc1. The molecule has 0 aliphatic heterocycles. The number of hydrogen-bond acceptors (Lipinski definition) is 3. The van der Waals surface area contributed by atoms with E-state index >= 15 is 0 Å². The molecule has 3 aromatic rings. The first-order chi connectivity index (χ1) is 10.2. The summed E-state index contributed by atoms with van der Waals surface area (Å²) in [5.74, 6) is 0. The first kappa shape index (κ1) is 13.6. The number of aromatic nitrogens is 3. The van der Waals surface area contributed by atoms with Gasteiger partial charge >= 0.3 is 0 Å². The summed E-state index contributed by atoms with van der Waals surface area (Å²) in [4.78, 5) is 1.59. The van der Waals surface area contributed by atoms with Gasteiger partial charge in [0.2, 0.25) is 0 Å². The van der Waals surface area contributed by atoms with Gasteiger partial charge in [0.25, 0.3) is 0 Å². The highest BCUT2D eigenvalue weighted by Crippen LogP contribution is 2.21. The van der Waals surface area contributed by atoms with E-state index in [1.165, 1.54) is 5.56 Å². The standard InChI is InChI=1S/C16H15ClN4/c1-12(13-2-4-14(17)5-3-13)20-15-6-8-16(9-7-15)21-18-10-11-19-21/h2-12,20H,1H3. The normalized spacial score (nSPS) is 12.1. The predicted octanol–water partition coefficient (Wildman–Crippen LogP) is 4.09. The maximum atomic E-state index is 5.91. The molecule has 0 amide bonds. The van der Waals surface area contributed by atoms with Crippen molar-refractivity contribution in [3.8, 4) is 5.69 Å². The lowest BCUT2D eigenvalue weighted by Crippen LogP contribution is -2.06. The summed E-state index contributed by atoms with van der Waals surface area (Å²) in [6.07, 6.45) is 3.32. The third-order valence-electron chi connectivity index (χ3n) is 3.27. The molecule has 1 heterocycles. The molecular formula is C16H15ClN4. The van der Waals surface area contributed by atoms with Crippen molar-refractivity contribution in [3.63, 3.8) is 0 Å². The van der Waals surface area contributed by atoms with Gasteiger partial charge in [-0.2, -0.15) is 15.0 Å². The van der Waals surface area contributed by atoms with Gasteiger partial charge in [-0.05, 0) is 48.9 Å². The Morgan fingerprint density at radius 1 is 0.952 bits per heavy atom. The van der Waals surface area contributed by atoms with Gasteiger partial charge in [-0.1, -0.05) is 23.7 Å². The Labute approximate surface area is 128 Å². The maximum Gasteiger partial charge on any atom is 0.0858 e. The van der Waals surface area contributed by atoms with Crippen LogP contribution in [0.2, 0.25) is 5.02 Å². The summed E-state index contributed by atoms with van der Waals surface area (Å²) in [5, 5.41) is 12.4. The molecular weight excluding hydrogens is 284 g/mol. The fourth-order valence-electron chi connectivity index (χ4n) is 2.12. The number of rotatable bonds is 4. The number of nitrogens with zero attached hydrogens (tertiary/aromatic N) is 3. The lowest BCUT2D eigenvalue weighted by Gasteiger charge is -2.16. The van der Waals surface area contributed by atoms with Crippen LogP contribution in [0.15, 0.2) is 60.9 Å². The van der Waals surface area contributed by atoms with E-state index in [9.17, 15) is 0 Å². The van der Waals surface area contributed by atoms with Crippen LogP contribution in [0.3, 0.4) is 0 Å². The van der Waals surface area contributed by atoms with Crippen molar-refractivity contribution < 1.29 is 0 Å². The number of hydrogen-bond donors (Lipinski definition) is 1. The highest BCUT2D eigenvalue weighted by atomic mass is 35.5. The first-order valence-electron chi connectivity index (χ1n) is 6.71. The summed E-state index contributed by atoms with van der Waals surface area (Å²) >= 11 is 5.91. The van der Waals surface area contributed by atoms with E-state index in [1.807, 2.05) is 48.5 Å². The fourth-order valence-corrected chi connectivity index (χ4v) is 2.25. The van der Waals surface area contributed by atoms with Crippen molar-refractivity contribution in [3.05, 3.63) is 71.5 Å². The zero-order valence-electron chi connectivity index (χ0n) is 11.6. The topological polar surface area (TPSA) is 42.7 Å². The minimum Gasteiger partial charge on any atom is -0.379 e. The Kier molecular flexibility index (Phi) is 3.88. The molecule has 0 spiro atoms. The lowest BCUT2D eigenvalue weighted by atomic mass is 10.1. The summed E-state index contributed by atoms with van der Waals surface area (Å²) < 4.78 is 0. The molecule has 0 saturated heterocycles. The highest BCUT2D eigenvalue weighted by molar-refractivity contribution is 6.30. The summed E-state index contributed by atoms with van der Waals surface area (Å²) in [5.41, 5.74) is 3.18. The molecule has 1 atom stereocenters. The lowest BCUT2D eigenvalue weighted by molar-refractivity contribution is 0.752. The Morgan fingerprint density at radius 3 is 2.19 bits per heavy atom. The van der Waals surface area contributed by atoms with Crippen molar-refractivity contribution in [2.24, 2.45) is 0 Å². The molecule has 5 heteroatoms. The number of benzene rings is 2. The van der Waals surface area contributed by atoms with Gasteiger partial charge in [-0.3, -0.25) is 0 Å². The van der Waals surface area contributed by atoms with E-state index < -0.39 is 0 Å². The van der Waals surface area contributed by atoms with Gasteiger partial charge in [0.05, 0.1) is 18.1 Å². The zero-order chi connectivity index (χ0) is 14.7. The number of halogens is 1. The fraction of sp³-hybridized carbons (Fsp3) is 0.125. The van der Waals surface area contributed by atoms with Crippen LogP contribution in [0.5, 0.6) is 0 Å². The first-order valence-corrected chi connectivity index (χ1v) is 7.09. The van der Waals surface area contributed by atoms with E-state index in [0.29, 0.717) is 0 Å². The van der Waals surface area contributed by atoms with Gasteiger partial charge in [0, 0.05) is 16.8 Å². The second kappa shape index (κ2) is 5.97. The minimum atomic E-state index is 0.205. The average Bonchev–Trinajstić information content (AvgIpc) is 3.03. The molecule has 0 radical (unpaired) electrons. The highest BCUT2D eigenvalue weighted by Gasteiger charge is 2.05. The van der Waals surface area contributed by atoms with Crippen LogP contribution in [-0.4, -0.2) is 15.0 Å². The molecule has 0 aliphatic rings. The van der Waals surface area contributed by atoms with Crippen LogP contribution in [0.4, 0.5) is 5.69 Å². The van der Waals surface area contributed by atoms with Gasteiger partial charge in [-0.15, -0.1) is 0 Å². The monoisotopic (exact) mass is 298 g/mol. The smallest absolute Gasteiger partial charge is 0.0858 e. The van der Waals surface area contributed by atoms with Gasteiger partial charge in [0.1, 0.15) is 0 Å². The van der Waals surface area contributed by atoms with Crippen molar-refractivity contribution >= 4 is 17.3 Å². The van der Waals surface area contributed by atoms with Crippen molar-refractivity contribution in [2.75, 3.05) is 5.32 Å². The Morgan fingerprint density at radius 2 is 1.57 bits per heavy atom. The van der Waals surface area contributed by atoms with Crippen LogP contribution in [-0.2, 0) is 0 Å². The van der Waals surface area contributed by atoms with Gasteiger partial charge in [-0.25, -0.2) is 0 Å². The van der Waals surface area contributed by atoms with Crippen LogP contribution in [0.1, 0.15) is 18.5 Å². The largest absolute Gasteiger partial charge is 0.379 e. The predicted molar refractivity (Wildman–Crippen MR) is 84.8 cm³/mol. The number of nitrogens with one attached hydrogen (secondary N) is 1. The average molecular weight is 299 g/mol. The van der Waals surface area contributed by atoms with Crippen LogP contribution in [0, 0.1) is 0 Å². The summed E-state index contributed by atoms with van der Waals surface area (Å²) in [6.45, 7) is 2.12. The molecule has 0 aliphatic carbocycles. The molecule has 106 valence electrons. The molecule has 1 N–H and O–H groups in total. The van der Waals surface area contributed by atoms with Crippen LogP contribution >= 0.6 is 11.6 Å². The number of anilines is 1. The third-order valence-corrected chi connectivity index (χ3v) is 3.52. The van der Waals surface area contributed by atoms with E-state index in [4.69, 9.17) is 11.6 Å². The van der Waals surface area contributed by atoms with E-state index in [1.54, 1.807) is 17.2 Å². The molecule has 0 bridgehead atoms. The Bertz CT molecular complexity index is 690. The summed E-state index contributed by atoms with van der Waals surface area (Å²) in [7, 11) is 0. The van der Waals surface area contributed by atoms with E-state index in [2.05, 4.69) is 22.4 Å². The summed E-state index contributed by atoms with van der Waals surface area (Å²) in [6, 6.07) is 16.1. The van der Waals surface area contributed by atoms with Gasteiger partial charge < -0.3 is 5.32 Å². The molecule has 0 fully saturated rings. The molecule has 1 aromatic heterocycles. The van der Waals surface area contributed by atoms with Crippen molar-refractivity contribution in [1.82, 2.24) is 15.0 Å². The zero-order valence-corrected chi connectivity index (χ0v) is 12.3. The molecule has 3 rings (SSSR count). The molecule has 2 aromatic carbocycles. The maximum absolute atomic E-state index is 5.91. The van der Waals surface area contributed by atoms with E-state index in [-0.39, 0.29) is 6.04 Å². The third kappa shape index (κ3) is 3.23. The Balaban J connectivity index is 1.71. The minimum absolute atomic E-state index is 0.205. The molecule has 4 nitrogen and oxygen atoms in total. The molecule has 21 heavy (non-hydrogen) atoms. The second-order valence-electron chi connectivity index (χ2n) is 4.78. The van der Waals surface area contributed by atoms with E-state index in [0.717, 1.165) is 16.4 Å². The second-order valence-corrected chi connectivity index (χ2v) is 5.22. The van der Waals surface area contributed by atoms with Crippen molar-refractivity contribution in [1.29, 1.82) is 0 Å².